The van der Waals surface area contributed by atoms with Crippen LogP contribution in [0.5, 0.6) is 5.75 Å². The molecule has 0 unspecified atom stereocenters. The van der Waals surface area contributed by atoms with Gasteiger partial charge in [0.15, 0.2) is 9.84 Å². The van der Waals surface area contributed by atoms with Gasteiger partial charge in [-0.25, -0.2) is 8.42 Å². The van der Waals surface area contributed by atoms with Crippen molar-refractivity contribution < 1.29 is 26.3 Å². The van der Waals surface area contributed by atoms with Crippen molar-refractivity contribution in [1.29, 1.82) is 0 Å². The summed E-state index contributed by atoms with van der Waals surface area (Å²) in [6.07, 6.45) is 1.14. The van der Waals surface area contributed by atoms with Gasteiger partial charge in [0.2, 0.25) is 0 Å². The normalized spacial score (nSPS) is 20.7. The van der Waals surface area contributed by atoms with Gasteiger partial charge in [0.25, 0.3) is 0 Å². The van der Waals surface area contributed by atoms with Crippen LogP contribution in [0.4, 0.5) is 13.2 Å². The fraction of sp³-hybridized carbons (Fsp3) is 0.500. The standard InChI is InChI=1S/C24H28F3NO3S/c25-24(26,27)20-4-3-7-23(14-20)32(29,30)17-19-12-13-28(16-19)15-18-8-10-22(11-9-18)31-21-5-1-2-6-21/h3-4,7-11,14,19,21H,1-2,5-6,12-13,15-17H2/t19-/m1/s1. The Morgan fingerprint density at radius 1 is 1.00 bits per heavy atom. The van der Waals surface area contributed by atoms with Crippen LogP contribution in [0.15, 0.2) is 53.4 Å². The summed E-state index contributed by atoms with van der Waals surface area (Å²) in [7, 11) is -3.78. The van der Waals surface area contributed by atoms with Crippen LogP contribution in [0.2, 0.25) is 0 Å². The molecule has 4 rings (SSSR count). The maximum atomic E-state index is 12.9. The first-order valence-corrected chi connectivity index (χ1v) is 12.7. The molecule has 1 heterocycles. The zero-order valence-electron chi connectivity index (χ0n) is 17.9. The van der Waals surface area contributed by atoms with Gasteiger partial charge in [-0.1, -0.05) is 18.2 Å². The average Bonchev–Trinajstić information content (AvgIpc) is 3.41. The van der Waals surface area contributed by atoms with E-state index >= 15 is 0 Å². The highest BCUT2D eigenvalue weighted by Crippen LogP contribution is 2.32. The molecule has 0 aromatic heterocycles. The van der Waals surface area contributed by atoms with Gasteiger partial charge < -0.3 is 4.74 Å². The lowest BCUT2D eigenvalue weighted by Gasteiger charge is -2.17. The minimum atomic E-state index is -4.56. The van der Waals surface area contributed by atoms with Gasteiger partial charge >= 0.3 is 6.18 Å². The zero-order chi connectivity index (χ0) is 22.8. The molecule has 1 aliphatic heterocycles. The van der Waals surface area contributed by atoms with Crippen LogP contribution in [-0.4, -0.2) is 38.3 Å². The van der Waals surface area contributed by atoms with Crippen molar-refractivity contribution in [3.05, 3.63) is 59.7 Å². The summed E-state index contributed by atoms with van der Waals surface area (Å²) in [5.74, 6) is 0.644. The maximum Gasteiger partial charge on any atom is 0.416 e. The smallest absolute Gasteiger partial charge is 0.416 e. The van der Waals surface area contributed by atoms with Crippen molar-refractivity contribution >= 4 is 9.84 Å². The Hall–Kier alpha value is -2.06. The molecule has 0 bridgehead atoms. The summed E-state index contributed by atoms with van der Waals surface area (Å²) >= 11 is 0. The van der Waals surface area contributed by atoms with E-state index in [0.717, 1.165) is 48.9 Å². The molecule has 4 nitrogen and oxygen atoms in total. The lowest BCUT2D eigenvalue weighted by atomic mass is 10.1. The molecule has 2 fully saturated rings. The summed E-state index contributed by atoms with van der Waals surface area (Å²) in [6.45, 7) is 2.09. The molecule has 1 atom stereocenters. The third-order valence-electron chi connectivity index (χ3n) is 6.28. The van der Waals surface area contributed by atoms with E-state index in [2.05, 4.69) is 4.90 Å². The van der Waals surface area contributed by atoms with E-state index in [1.54, 1.807) is 0 Å². The minimum absolute atomic E-state index is 0.0977. The van der Waals surface area contributed by atoms with Crippen molar-refractivity contribution in [3.63, 3.8) is 0 Å². The number of alkyl halides is 3. The molecular weight excluding hydrogens is 439 g/mol. The number of halogens is 3. The van der Waals surface area contributed by atoms with Crippen LogP contribution >= 0.6 is 0 Å². The molecule has 0 spiro atoms. The molecule has 1 aliphatic carbocycles. The Morgan fingerprint density at radius 3 is 2.41 bits per heavy atom. The zero-order valence-corrected chi connectivity index (χ0v) is 18.7. The molecule has 0 amide bonds. The molecule has 8 heteroatoms. The van der Waals surface area contributed by atoms with Crippen molar-refractivity contribution in [1.82, 2.24) is 4.90 Å². The molecule has 0 N–H and O–H groups in total. The van der Waals surface area contributed by atoms with Gasteiger partial charge in [0.1, 0.15) is 5.75 Å². The molecule has 2 aromatic carbocycles. The molecule has 1 saturated carbocycles. The minimum Gasteiger partial charge on any atom is -0.490 e. The van der Waals surface area contributed by atoms with E-state index in [0.29, 0.717) is 25.6 Å². The van der Waals surface area contributed by atoms with Crippen molar-refractivity contribution in [2.24, 2.45) is 5.92 Å². The summed E-state index contributed by atoms with van der Waals surface area (Å²) < 4.78 is 70.2. The molecule has 0 radical (unpaired) electrons. The van der Waals surface area contributed by atoms with E-state index in [9.17, 15) is 21.6 Å². The molecule has 2 aromatic rings. The van der Waals surface area contributed by atoms with Gasteiger partial charge in [-0.15, -0.1) is 0 Å². The summed E-state index contributed by atoms with van der Waals surface area (Å²) in [5.41, 5.74) is 0.192. The van der Waals surface area contributed by atoms with Gasteiger partial charge in [0.05, 0.1) is 22.3 Å². The molecular formula is C24H28F3NO3S. The van der Waals surface area contributed by atoms with Crippen molar-refractivity contribution in [2.75, 3.05) is 18.8 Å². The third-order valence-corrected chi connectivity index (χ3v) is 8.16. The topological polar surface area (TPSA) is 46.6 Å². The number of rotatable bonds is 7. The fourth-order valence-electron chi connectivity index (χ4n) is 4.60. The maximum absolute atomic E-state index is 12.9. The van der Waals surface area contributed by atoms with E-state index in [1.807, 2.05) is 24.3 Å². The summed E-state index contributed by atoms with van der Waals surface area (Å²) in [6, 6.07) is 12.1. The van der Waals surface area contributed by atoms with Crippen LogP contribution in [0.25, 0.3) is 0 Å². The summed E-state index contributed by atoms with van der Waals surface area (Å²) in [5, 5.41) is 0. The monoisotopic (exact) mass is 467 g/mol. The first kappa shape index (κ1) is 23.1. The lowest BCUT2D eigenvalue weighted by molar-refractivity contribution is -0.137. The van der Waals surface area contributed by atoms with Crippen LogP contribution < -0.4 is 4.74 Å². The number of likely N-dealkylation sites (tertiary alicyclic amines) is 1. The number of benzene rings is 2. The SMILES string of the molecule is O=S(=O)(C[C@@H]1CCN(Cc2ccc(OC3CCCC3)cc2)C1)c1cccc(C(F)(F)F)c1. The number of hydrogen-bond donors (Lipinski definition) is 0. The van der Waals surface area contributed by atoms with Gasteiger partial charge in [0, 0.05) is 13.1 Å². The van der Waals surface area contributed by atoms with Crippen molar-refractivity contribution in [3.8, 4) is 5.75 Å². The number of ether oxygens (including phenoxy) is 1. The third kappa shape index (κ3) is 5.84. The number of nitrogens with zero attached hydrogens (tertiary/aromatic N) is 1. The quantitative estimate of drug-likeness (QED) is 0.553. The van der Waals surface area contributed by atoms with Crippen molar-refractivity contribution in [2.45, 2.75) is 55.8 Å². The fourth-order valence-corrected chi connectivity index (χ4v) is 6.27. The number of sulfone groups is 1. The Balaban J connectivity index is 1.31. The van der Waals surface area contributed by atoms with Crippen LogP contribution in [0.3, 0.4) is 0 Å². The second-order valence-corrected chi connectivity index (χ2v) is 10.9. The van der Waals surface area contributed by atoms with E-state index in [-0.39, 0.29) is 16.6 Å². The first-order valence-electron chi connectivity index (χ1n) is 11.1. The van der Waals surface area contributed by atoms with E-state index < -0.39 is 21.6 Å². The molecule has 1 saturated heterocycles. The predicted molar refractivity (Wildman–Crippen MR) is 116 cm³/mol. The van der Waals surface area contributed by atoms with Gasteiger partial charge in [-0.3, -0.25) is 4.90 Å². The van der Waals surface area contributed by atoms with E-state index in [1.165, 1.54) is 18.9 Å². The van der Waals surface area contributed by atoms with Crippen LogP contribution in [0, 0.1) is 5.92 Å². The first-order chi connectivity index (χ1) is 15.2. The predicted octanol–water partition coefficient (Wildman–Crippen LogP) is 5.32. The lowest BCUT2D eigenvalue weighted by Crippen LogP contribution is -2.23. The highest BCUT2D eigenvalue weighted by Gasteiger charge is 2.33. The second-order valence-electron chi connectivity index (χ2n) is 8.87. The Morgan fingerprint density at radius 2 is 1.72 bits per heavy atom. The Kier molecular flexibility index (Phi) is 6.81. The van der Waals surface area contributed by atoms with Gasteiger partial charge in [-0.2, -0.15) is 13.2 Å². The molecule has 32 heavy (non-hydrogen) atoms. The molecule has 2 aliphatic rings. The number of hydrogen-bond acceptors (Lipinski definition) is 4. The molecule has 174 valence electrons. The summed E-state index contributed by atoms with van der Waals surface area (Å²) in [4.78, 5) is 1.93. The average molecular weight is 468 g/mol. The van der Waals surface area contributed by atoms with Crippen LogP contribution in [-0.2, 0) is 22.6 Å². The van der Waals surface area contributed by atoms with Gasteiger partial charge in [-0.05, 0) is 80.5 Å². The highest BCUT2D eigenvalue weighted by molar-refractivity contribution is 7.91. The van der Waals surface area contributed by atoms with E-state index in [4.69, 9.17) is 4.74 Å². The Bertz CT molecular complexity index is 1020. The highest BCUT2D eigenvalue weighted by atomic mass is 32.2. The van der Waals surface area contributed by atoms with Crippen LogP contribution in [0.1, 0.15) is 43.2 Å². The second kappa shape index (κ2) is 9.43. The Labute approximate surface area is 187 Å². The largest absolute Gasteiger partial charge is 0.490 e.